The van der Waals surface area contributed by atoms with Gasteiger partial charge in [0.1, 0.15) is 5.76 Å². The molecule has 0 fully saturated rings. The smallest absolute Gasteiger partial charge is 0.164 e. The number of nitrogen functional groups attached to an aromatic ring is 1. The van der Waals surface area contributed by atoms with Crippen LogP contribution in [-0.4, -0.2) is 6.54 Å². The number of furan rings is 1. The van der Waals surface area contributed by atoms with Crippen molar-refractivity contribution in [3.05, 3.63) is 53.5 Å². The molecule has 4 N–H and O–H groups in total. The third-order valence-electron chi connectivity index (χ3n) is 3.33. The highest BCUT2D eigenvalue weighted by Gasteiger charge is 2.33. The Labute approximate surface area is 110 Å². The van der Waals surface area contributed by atoms with Crippen LogP contribution >= 0.6 is 0 Å². The molecule has 5 heteroatoms. The Bertz CT molecular complexity index is 569. The molecule has 0 amide bonds. The van der Waals surface area contributed by atoms with Crippen LogP contribution in [0.5, 0.6) is 0 Å². The van der Waals surface area contributed by atoms with Gasteiger partial charge in [-0.2, -0.15) is 0 Å². The summed E-state index contributed by atoms with van der Waals surface area (Å²) < 4.78 is 32.7. The van der Waals surface area contributed by atoms with Gasteiger partial charge in [0.05, 0.1) is 6.26 Å². The van der Waals surface area contributed by atoms with Gasteiger partial charge < -0.3 is 15.9 Å². The summed E-state index contributed by atoms with van der Waals surface area (Å²) in [5, 5.41) is 0. The number of benzene rings is 1. The first kappa shape index (κ1) is 13.5. The third kappa shape index (κ3) is 2.46. The summed E-state index contributed by atoms with van der Waals surface area (Å²) in [6.45, 7) is 1.86. The molecule has 0 aliphatic carbocycles. The summed E-state index contributed by atoms with van der Waals surface area (Å²) in [6.07, 6.45) is 1.87. The normalized spacial score (nSPS) is 14.3. The predicted octanol–water partition coefficient (Wildman–Crippen LogP) is 2.60. The molecule has 0 radical (unpaired) electrons. The molecule has 0 spiro atoms. The van der Waals surface area contributed by atoms with E-state index in [1.165, 1.54) is 12.3 Å². The molecular weight excluding hydrogens is 250 g/mol. The number of rotatable bonds is 4. The van der Waals surface area contributed by atoms with Crippen molar-refractivity contribution in [2.45, 2.75) is 18.8 Å². The van der Waals surface area contributed by atoms with Crippen molar-refractivity contribution in [2.75, 3.05) is 12.3 Å². The monoisotopic (exact) mass is 266 g/mol. The summed E-state index contributed by atoms with van der Waals surface area (Å²) in [4.78, 5) is 0. The maximum atomic E-state index is 14.0. The van der Waals surface area contributed by atoms with E-state index >= 15 is 0 Å². The van der Waals surface area contributed by atoms with Crippen molar-refractivity contribution in [1.29, 1.82) is 0 Å². The van der Waals surface area contributed by atoms with Gasteiger partial charge in [0.25, 0.3) is 0 Å². The molecule has 1 unspecified atom stereocenters. The number of hydrogen-bond acceptors (Lipinski definition) is 3. The van der Waals surface area contributed by atoms with Crippen LogP contribution in [0.4, 0.5) is 14.5 Å². The highest BCUT2D eigenvalue weighted by Crippen LogP contribution is 2.34. The van der Waals surface area contributed by atoms with Gasteiger partial charge in [-0.25, -0.2) is 8.78 Å². The van der Waals surface area contributed by atoms with E-state index in [0.29, 0.717) is 12.2 Å². The van der Waals surface area contributed by atoms with E-state index < -0.39 is 17.0 Å². The summed E-state index contributed by atoms with van der Waals surface area (Å²) in [7, 11) is 0. The van der Waals surface area contributed by atoms with Crippen molar-refractivity contribution in [1.82, 2.24) is 0 Å². The lowest BCUT2D eigenvalue weighted by Gasteiger charge is -2.29. The maximum absolute atomic E-state index is 14.0. The Balaban J connectivity index is 2.49. The molecule has 0 bridgehead atoms. The van der Waals surface area contributed by atoms with Gasteiger partial charge in [-0.3, -0.25) is 0 Å². The fourth-order valence-electron chi connectivity index (χ4n) is 2.24. The SMILES string of the molecule is CC(CN)(Cc1ccco1)c1c(N)ccc(F)c1F. The van der Waals surface area contributed by atoms with E-state index in [4.69, 9.17) is 15.9 Å². The van der Waals surface area contributed by atoms with Crippen molar-refractivity contribution >= 4 is 5.69 Å². The van der Waals surface area contributed by atoms with E-state index in [-0.39, 0.29) is 17.8 Å². The second-order valence-corrected chi connectivity index (χ2v) is 4.85. The fourth-order valence-corrected chi connectivity index (χ4v) is 2.24. The molecule has 19 heavy (non-hydrogen) atoms. The van der Waals surface area contributed by atoms with E-state index in [9.17, 15) is 8.78 Å². The van der Waals surface area contributed by atoms with E-state index in [1.54, 1.807) is 19.1 Å². The molecule has 2 aromatic rings. The first-order valence-corrected chi connectivity index (χ1v) is 5.94. The van der Waals surface area contributed by atoms with E-state index in [0.717, 1.165) is 6.07 Å². The second-order valence-electron chi connectivity index (χ2n) is 4.85. The first-order valence-electron chi connectivity index (χ1n) is 5.94. The second kappa shape index (κ2) is 5.01. The highest BCUT2D eigenvalue weighted by molar-refractivity contribution is 5.52. The Morgan fingerprint density at radius 2 is 2.00 bits per heavy atom. The molecule has 0 aliphatic heterocycles. The van der Waals surface area contributed by atoms with Crippen molar-refractivity contribution in [3.63, 3.8) is 0 Å². The molecular formula is C14H16F2N2O. The van der Waals surface area contributed by atoms with Gasteiger partial charge in [0.2, 0.25) is 0 Å². The first-order chi connectivity index (χ1) is 8.98. The molecule has 0 saturated heterocycles. The molecule has 1 atom stereocenters. The van der Waals surface area contributed by atoms with Gasteiger partial charge in [0.15, 0.2) is 11.6 Å². The lowest BCUT2D eigenvalue weighted by Crippen LogP contribution is -2.36. The minimum absolute atomic E-state index is 0.103. The Hall–Kier alpha value is -1.88. The molecule has 0 aliphatic rings. The average molecular weight is 266 g/mol. The standard InChI is InChI=1S/C14H16F2N2O/c1-14(8-17,7-9-3-2-6-19-9)12-11(18)5-4-10(15)13(12)16/h2-6H,7-8,17-18H2,1H3. The van der Waals surface area contributed by atoms with E-state index in [1.807, 2.05) is 0 Å². The van der Waals surface area contributed by atoms with E-state index in [2.05, 4.69) is 0 Å². The average Bonchev–Trinajstić information content (AvgIpc) is 2.87. The van der Waals surface area contributed by atoms with Crippen molar-refractivity contribution in [2.24, 2.45) is 5.73 Å². The van der Waals surface area contributed by atoms with Crippen LogP contribution < -0.4 is 11.5 Å². The summed E-state index contributed by atoms with van der Waals surface area (Å²) in [6, 6.07) is 5.86. The maximum Gasteiger partial charge on any atom is 0.164 e. The third-order valence-corrected chi connectivity index (χ3v) is 3.33. The van der Waals surface area contributed by atoms with Gasteiger partial charge in [-0.1, -0.05) is 6.92 Å². The van der Waals surface area contributed by atoms with Gasteiger partial charge in [-0.15, -0.1) is 0 Å². The zero-order valence-electron chi connectivity index (χ0n) is 10.6. The summed E-state index contributed by atoms with van der Waals surface area (Å²) >= 11 is 0. The highest BCUT2D eigenvalue weighted by atomic mass is 19.2. The van der Waals surface area contributed by atoms with Gasteiger partial charge in [-0.05, 0) is 24.3 Å². The van der Waals surface area contributed by atoms with Crippen LogP contribution in [0.2, 0.25) is 0 Å². The van der Waals surface area contributed by atoms with Gasteiger partial charge >= 0.3 is 0 Å². The Morgan fingerprint density at radius 1 is 1.26 bits per heavy atom. The Kier molecular flexibility index (Phi) is 3.57. The van der Waals surface area contributed by atoms with Crippen molar-refractivity contribution < 1.29 is 13.2 Å². The number of hydrogen-bond donors (Lipinski definition) is 2. The number of nitrogens with two attached hydrogens (primary N) is 2. The zero-order chi connectivity index (χ0) is 14.0. The van der Waals surface area contributed by atoms with Crippen LogP contribution in [0.3, 0.4) is 0 Å². The number of halogens is 2. The minimum Gasteiger partial charge on any atom is -0.469 e. The number of anilines is 1. The molecule has 3 nitrogen and oxygen atoms in total. The molecule has 2 rings (SSSR count). The summed E-state index contributed by atoms with van der Waals surface area (Å²) in [5.41, 5.74) is 11.0. The minimum atomic E-state index is -0.945. The van der Waals surface area contributed by atoms with Crippen molar-refractivity contribution in [3.8, 4) is 0 Å². The molecule has 0 saturated carbocycles. The Morgan fingerprint density at radius 3 is 2.58 bits per heavy atom. The summed E-state index contributed by atoms with van der Waals surface area (Å²) in [5.74, 6) is -1.22. The molecule has 1 aromatic heterocycles. The fraction of sp³-hybridized carbons (Fsp3) is 0.286. The van der Waals surface area contributed by atoms with Crippen LogP contribution in [0, 0.1) is 11.6 Å². The molecule has 1 heterocycles. The molecule has 102 valence electrons. The zero-order valence-corrected chi connectivity index (χ0v) is 10.6. The topological polar surface area (TPSA) is 65.2 Å². The van der Waals surface area contributed by atoms with Gasteiger partial charge in [0, 0.05) is 29.6 Å². The lowest BCUT2D eigenvalue weighted by atomic mass is 9.77. The van der Waals surface area contributed by atoms with Crippen LogP contribution in [0.1, 0.15) is 18.2 Å². The molecule has 1 aromatic carbocycles. The largest absolute Gasteiger partial charge is 0.469 e. The van der Waals surface area contributed by atoms with Crippen LogP contribution in [0.25, 0.3) is 0 Å². The quantitative estimate of drug-likeness (QED) is 0.836. The van der Waals surface area contributed by atoms with Crippen LogP contribution in [-0.2, 0) is 11.8 Å². The van der Waals surface area contributed by atoms with Crippen LogP contribution in [0.15, 0.2) is 34.9 Å². The predicted molar refractivity (Wildman–Crippen MR) is 69.6 cm³/mol. The lowest BCUT2D eigenvalue weighted by molar-refractivity contribution is 0.390.